The summed E-state index contributed by atoms with van der Waals surface area (Å²) in [6.07, 6.45) is -0.452. The Balaban J connectivity index is 1.03. The number of benzene rings is 2. The SMILES string of the molecule is Cc1ncsc1-c1ccc(CNC(=O)[C@@H]2C[C@@H](O)CN2C(=O)C(NC(=O)CCCNc2cccc3c2C(=O)N(C2CCC(=O)NC2=O)C3=O)C(C)(C)C)cc1. The molecule has 0 saturated carbocycles. The van der Waals surface area contributed by atoms with Gasteiger partial charge in [-0.25, -0.2) is 4.98 Å². The van der Waals surface area contributed by atoms with Crippen LogP contribution in [-0.2, 0) is 30.5 Å². The molecule has 15 nitrogen and oxygen atoms in total. The van der Waals surface area contributed by atoms with Gasteiger partial charge in [0.2, 0.25) is 29.5 Å². The number of fused-ring (bicyclic) bond motifs is 1. The molecule has 1 aromatic heterocycles. The highest BCUT2D eigenvalue weighted by Gasteiger charge is 2.46. The maximum absolute atomic E-state index is 14.0. The lowest BCUT2D eigenvalue weighted by atomic mass is 9.85. The van der Waals surface area contributed by atoms with Gasteiger partial charge in [-0.1, -0.05) is 51.1 Å². The highest BCUT2D eigenvalue weighted by molar-refractivity contribution is 7.13. The Labute approximate surface area is 322 Å². The number of nitrogens with one attached hydrogen (secondary N) is 4. The molecule has 55 heavy (non-hydrogen) atoms. The van der Waals surface area contributed by atoms with E-state index < -0.39 is 71.0 Å². The summed E-state index contributed by atoms with van der Waals surface area (Å²) in [5.74, 6) is -3.68. The molecule has 2 aromatic carbocycles. The van der Waals surface area contributed by atoms with Crippen molar-refractivity contribution in [2.24, 2.45) is 5.41 Å². The number of hydrogen-bond donors (Lipinski definition) is 5. The van der Waals surface area contributed by atoms with Gasteiger partial charge in [0, 0.05) is 44.6 Å². The van der Waals surface area contributed by atoms with Gasteiger partial charge in [0.15, 0.2) is 0 Å². The molecule has 2 saturated heterocycles. The van der Waals surface area contributed by atoms with Crippen LogP contribution in [0.5, 0.6) is 0 Å². The average Bonchev–Trinajstić information content (AvgIpc) is 3.83. The number of aryl methyl sites for hydroxylation is 1. The largest absolute Gasteiger partial charge is 0.391 e. The van der Waals surface area contributed by atoms with E-state index in [0.29, 0.717) is 12.1 Å². The Morgan fingerprint density at radius 2 is 1.80 bits per heavy atom. The summed E-state index contributed by atoms with van der Waals surface area (Å²) in [5.41, 5.74) is 4.54. The molecule has 0 bridgehead atoms. The second-order valence-electron chi connectivity index (χ2n) is 15.1. The first-order valence-electron chi connectivity index (χ1n) is 18.3. The number of piperidine rings is 1. The summed E-state index contributed by atoms with van der Waals surface area (Å²) >= 11 is 1.56. The number of hydrogen-bond acceptors (Lipinski definition) is 11. The maximum atomic E-state index is 14.0. The van der Waals surface area contributed by atoms with Crippen molar-refractivity contribution in [2.75, 3.05) is 18.4 Å². The zero-order valence-electron chi connectivity index (χ0n) is 31.1. The van der Waals surface area contributed by atoms with E-state index >= 15 is 0 Å². The van der Waals surface area contributed by atoms with Crippen molar-refractivity contribution in [3.8, 4) is 10.4 Å². The Hall–Kier alpha value is -5.48. The number of carbonyl (C=O) groups excluding carboxylic acids is 7. The highest BCUT2D eigenvalue weighted by Crippen LogP contribution is 2.33. The van der Waals surface area contributed by atoms with Crippen LogP contribution in [0.1, 0.15) is 84.8 Å². The number of imide groups is 2. The normalized spacial score (nSPS) is 20.3. The van der Waals surface area contributed by atoms with Gasteiger partial charge in [-0.2, -0.15) is 0 Å². The first-order chi connectivity index (χ1) is 26.1. The molecule has 0 aliphatic carbocycles. The molecule has 2 unspecified atom stereocenters. The molecule has 16 heteroatoms. The second-order valence-corrected chi connectivity index (χ2v) is 16.0. The lowest BCUT2D eigenvalue weighted by Gasteiger charge is -2.35. The Bertz CT molecular complexity index is 2020. The minimum atomic E-state index is -1.09. The lowest BCUT2D eigenvalue weighted by Crippen LogP contribution is -2.57. The van der Waals surface area contributed by atoms with E-state index in [9.17, 15) is 38.7 Å². The fraction of sp³-hybridized carbons (Fsp3) is 0.436. The highest BCUT2D eigenvalue weighted by atomic mass is 32.1. The Kier molecular flexibility index (Phi) is 11.5. The van der Waals surface area contributed by atoms with E-state index in [-0.39, 0.29) is 56.4 Å². The van der Waals surface area contributed by atoms with Crippen molar-refractivity contribution >= 4 is 58.4 Å². The monoisotopic (exact) mass is 771 g/mol. The first kappa shape index (κ1) is 39.2. The molecule has 3 aromatic rings. The van der Waals surface area contributed by atoms with E-state index in [2.05, 4.69) is 26.3 Å². The summed E-state index contributed by atoms with van der Waals surface area (Å²) in [4.78, 5) is 98.8. The maximum Gasteiger partial charge on any atom is 0.264 e. The summed E-state index contributed by atoms with van der Waals surface area (Å²) < 4.78 is 0. The minimum Gasteiger partial charge on any atom is -0.391 e. The standard InChI is InChI=1S/C39H45N7O8S/c1-21-32(55-20-42-21)23-12-10-22(11-13-23)18-41-34(50)28-17-24(47)19-45(28)38(54)33(39(2,3)4)43-29(48)9-6-16-40-26-8-5-7-25-31(26)37(53)46(36(25)52)27-14-15-30(49)44-35(27)51/h5,7-8,10-13,20,24,27-28,33,40,47H,6,9,14-19H2,1-4H3,(H,41,50)(H,43,48)(H,44,49,51)/t24-,27?,28+,33?/m1/s1. The fourth-order valence-corrected chi connectivity index (χ4v) is 7.96. The van der Waals surface area contributed by atoms with Gasteiger partial charge in [0.25, 0.3) is 11.8 Å². The zero-order valence-corrected chi connectivity index (χ0v) is 32.0. The predicted molar refractivity (Wildman–Crippen MR) is 202 cm³/mol. The third kappa shape index (κ3) is 8.44. The number of β-amino-alcohol motifs (C(OH)–C–C–N with tert-alkyl or cyclic N) is 1. The lowest BCUT2D eigenvalue weighted by molar-refractivity contribution is -0.144. The van der Waals surface area contributed by atoms with Gasteiger partial charge in [0.1, 0.15) is 18.1 Å². The molecule has 3 aliphatic rings. The van der Waals surface area contributed by atoms with Crippen LogP contribution in [0.3, 0.4) is 0 Å². The quantitative estimate of drug-likeness (QED) is 0.134. The van der Waals surface area contributed by atoms with Gasteiger partial charge in [-0.05, 0) is 48.4 Å². The molecule has 4 atom stereocenters. The van der Waals surface area contributed by atoms with Crippen molar-refractivity contribution < 1.29 is 38.7 Å². The van der Waals surface area contributed by atoms with E-state index in [1.807, 2.05) is 52.0 Å². The van der Waals surface area contributed by atoms with Crippen LogP contribution >= 0.6 is 11.3 Å². The van der Waals surface area contributed by atoms with Crippen molar-refractivity contribution in [3.05, 3.63) is 70.4 Å². The molecule has 2 fully saturated rings. The third-order valence-corrected chi connectivity index (χ3v) is 11.1. The Morgan fingerprint density at radius 3 is 2.47 bits per heavy atom. The van der Waals surface area contributed by atoms with Crippen molar-refractivity contribution in [2.45, 2.75) is 90.6 Å². The van der Waals surface area contributed by atoms with Crippen LogP contribution in [0.2, 0.25) is 0 Å². The molecule has 290 valence electrons. The molecule has 0 spiro atoms. The topological polar surface area (TPSA) is 207 Å². The smallest absolute Gasteiger partial charge is 0.264 e. The van der Waals surface area contributed by atoms with Gasteiger partial charge < -0.3 is 26.0 Å². The number of aliphatic hydroxyl groups is 1. The Morgan fingerprint density at radius 1 is 1.05 bits per heavy atom. The van der Waals surface area contributed by atoms with Crippen LogP contribution < -0.4 is 21.3 Å². The number of aliphatic hydroxyl groups excluding tert-OH is 1. The van der Waals surface area contributed by atoms with E-state index in [1.54, 1.807) is 29.0 Å². The number of amides is 7. The first-order valence-corrected chi connectivity index (χ1v) is 19.2. The number of aromatic nitrogens is 1. The van der Waals surface area contributed by atoms with E-state index in [4.69, 9.17) is 0 Å². The van der Waals surface area contributed by atoms with Crippen LogP contribution in [0.15, 0.2) is 48.0 Å². The second kappa shape index (κ2) is 16.1. The van der Waals surface area contributed by atoms with E-state index in [0.717, 1.165) is 26.6 Å². The van der Waals surface area contributed by atoms with Crippen molar-refractivity contribution in [3.63, 3.8) is 0 Å². The number of thiazole rings is 1. The van der Waals surface area contributed by atoms with Crippen LogP contribution in [-0.4, -0.2) is 98.6 Å². The summed E-state index contributed by atoms with van der Waals surface area (Å²) in [5, 5.41) is 21.6. The van der Waals surface area contributed by atoms with Crippen LogP contribution in [0, 0.1) is 12.3 Å². The van der Waals surface area contributed by atoms with Crippen LogP contribution in [0.4, 0.5) is 5.69 Å². The van der Waals surface area contributed by atoms with E-state index in [1.165, 1.54) is 11.0 Å². The summed E-state index contributed by atoms with van der Waals surface area (Å²) in [6.45, 7) is 7.81. The average molecular weight is 772 g/mol. The molecule has 3 aliphatic heterocycles. The molecule has 0 radical (unpaired) electrons. The number of carbonyl (C=O) groups is 7. The van der Waals surface area contributed by atoms with Gasteiger partial charge >= 0.3 is 0 Å². The van der Waals surface area contributed by atoms with Gasteiger partial charge in [0.05, 0.1) is 33.3 Å². The molecule has 4 heterocycles. The molecular weight excluding hydrogens is 727 g/mol. The molecule has 7 amide bonds. The predicted octanol–water partition coefficient (Wildman–Crippen LogP) is 2.52. The summed E-state index contributed by atoms with van der Waals surface area (Å²) in [7, 11) is 0. The number of nitrogens with zero attached hydrogens (tertiary/aromatic N) is 3. The third-order valence-electron chi connectivity index (χ3n) is 10.1. The van der Waals surface area contributed by atoms with Gasteiger partial charge in [-0.15, -0.1) is 11.3 Å². The fourth-order valence-electron chi connectivity index (χ4n) is 7.15. The van der Waals surface area contributed by atoms with Crippen molar-refractivity contribution in [1.29, 1.82) is 0 Å². The number of rotatable bonds is 12. The van der Waals surface area contributed by atoms with Crippen LogP contribution in [0.25, 0.3) is 10.4 Å². The number of anilines is 1. The number of likely N-dealkylation sites (tertiary alicyclic amines) is 1. The molecular formula is C39H45N7O8S. The van der Waals surface area contributed by atoms with Crippen molar-refractivity contribution in [1.82, 2.24) is 30.7 Å². The summed E-state index contributed by atoms with van der Waals surface area (Å²) in [6, 6.07) is 9.54. The zero-order chi connectivity index (χ0) is 39.6. The molecule has 6 rings (SSSR count). The van der Waals surface area contributed by atoms with Gasteiger partial charge in [-0.3, -0.25) is 43.8 Å². The minimum absolute atomic E-state index is 0.0133. The molecule has 5 N–H and O–H groups in total.